The summed E-state index contributed by atoms with van der Waals surface area (Å²) in [5, 5.41) is 11.3. The maximum Gasteiger partial charge on any atom is 0.191 e. The lowest BCUT2D eigenvalue weighted by atomic mass is 10.1. The van der Waals surface area contributed by atoms with Gasteiger partial charge in [0.25, 0.3) is 0 Å². The minimum absolute atomic E-state index is 0. The molecule has 4 rings (SSSR count). The Bertz CT molecular complexity index is 951. The number of piperidine rings is 1. The molecule has 33 heavy (non-hydrogen) atoms. The van der Waals surface area contributed by atoms with Crippen molar-refractivity contribution in [2.24, 2.45) is 4.99 Å². The number of likely N-dealkylation sites (tertiary alicyclic amines) is 1. The van der Waals surface area contributed by atoms with Crippen molar-refractivity contribution in [1.82, 2.24) is 25.3 Å². The minimum Gasteiger partial charge on any atom is -0.468 e. The number of aliphatic imine (C=N–C) groups is 1. The van der Waals surface area contributed by atoms with Crippen molar-refractivity contribution in [3.05, 3.63) is 78.0 Å². The van der Waals surface area contributed by atoms with Crippen molar-refractivity contribution in [2.45, 2.75) is 45.3 Å². The summed E-state index contributed by atoms with van der Waals surface area (Å²) < 4.78 is 7.73. The van der Waals surface area contributed by atoms with Crippen LogP contribution in [-0.4, -0.2) is 46.8 Å². The van der Waals surface area contributed by atoms with Crippen LogP contribution >= 0.6 is 24.0 Å². The third kappa shape index (κ3) is 7.33. The molecule has 0 spiro atoms. The zero-order valence-corrected chi connectivity index (χ0v) is 21.7. The summed E-state index contributed by atoms with van der Waals surface area (Å²) in [4.78, 5) is 7.41. The predicted molar refractivity (Wildman–Crippen MR) is 143 cm³/mol. The minimum atomic E-state index is 0. The zero-order valence-electron chi connectivity index (χ0n) is 19.3. The highest BCUT2D eigenvalue weighted by molar-refractivity contribution is 14.0. The molecule has 1 aliphatic heterocycles. The molecule has 8 heteroatoms. The smallest absolute Gasteiger partial charge is 0.191 e. The van der Waals surface area contributed by atoms with E-state index in [1.54, 1.807) is 6.26 Å². The van der Waals surface area contributed by atoms with Crippen LogP contribution in [0.3, 0.4) is 0 Å². The molecule has 1 aromatic carbocycles. The van der Waals surface area contributed by atoms with Crippen LogP contribution in [0.25, 0.3) is 0 Å². The van der Waals surface area contributed by atoms with Crippen molar-refractivity contribution >= 4 is 29.9 Å². The van der Waals surface area contributed by atoms with Gasteiger partial charge in [-0.15, -0.1) is 24.0 Å². The van der Waals surface area contributed by atoms with Crippen LogP contribution in [0.1, 0.15) is 49.1 Å². The van der Waals surface area contributed by atoms with E-state index in [0.717, 1.165) is 44.4 Å². The van der Waals surface area contributed by atoms with E-state index < -0.39 is 0 Å². The summed E-state index contributed by atoms with van der Waals surface area (Å²) in [6, 6.07) is 14.6. The number of guanidine groups is 1. The molecule has 1 aliphatic rings. The second-order valence-corrected chi connectivity index (χ2v) is 8.18. The molecule has 0 bridgehead atoms. The molecule has 1 atom stereocenters. The van der Waals surface area contributed by atoms with Gasteiger partial charge in [0.2, 0.25) is 0 Å². The van der Waals surface area contributed by atoms with E-state index in [-0.39, 0.29) is 30.0 Å². The fourth-order valence-corrected chi connectivity index (χ4v) is 4.25. The van der Waals surface area contributed by atoms with Crippen molar-refractivity contribution in [3.63, 3.8) is 0 Å². The number of hydrogen-bond acceptors (Lipinski definition) is 4. The van der Waals surface area contributed by atoms with Gasteiger partial charge in [-0.1, -0.05) is 30.7 Å². The molecule has 3 aromatic rings. The van der Waals surface area contributed by atoms with Gasteiger partial charge in [0.15, 0.2) is 5.96 Å². The highest BCUT2D eigenvalue weighted by Gasteiger charge is 2.24. The van der Waals surface area contributed by atoms with Gasteiger partial charge in [0.05, 0.1) is 25.4 Å². The van der Waals surface area contributed by atoms with Gasteiger partial charge in [-0.3, -0.25) is 9.58 Å². The quantitative estimate of drug-likeness (QED) is 0.230. The Balaban J connectivity index is 0.00000306. The number of benzene rings is 1. The molecular weight excluding hydrogens is 527 g/mol. The molecule has 0 amide bonds. The molecule has 1 saturated heterocycles. The number of nitrogens with zero attached hydrogens (tertiary/aromatic N) is 4. The third-order valence-corrected chi connectivity index (χ3v) is 5.93. The Hall–Kier alpha value is -2.33. The number of halogens is 1. The van der Waals surface area contributed by atoms with Crippen molar-refractivity contribution in [2.75, 3.05) is 26.2 Å². The maximum atomic E-state index is 5.79. The lowest BCUT2D eigenvalue weighted by Crippen LogP contribution is -2.44. The number of nitrogens with one attached hydrogen (secondary N) is 2. The molecule has 3 heterocycles. The molecule has 0 radical (unpaired) electrons. The van der Waals surface area contributed by atoms with E-state index in [9.17, 15) is 0 Å². The summed E-state index contributed by atoms with van der Waals surface area (Å²) >= 11 is 0. The number of aromatic nitrogens is 2. The monoisotopic (exact) mass is 562 g/mol. The summed E-state index contributed by atoms with van der Waals surface area (Å²) in [7, 11) is 0. The van der Waals surface area contributed by atoms with Crippen LogP contribution in [0, 0.1) is 0 Å². The van der Waals surface area contributed by atoms with E-state index in [1.165, 1.54) is 30.4 Å². The summed E-state index contributed by atoms with van der Waals surface area (Å²) in [5.74, 6) is 1.84. The van der Waals surface area contributed by atoms with Gasteiger partial charge < -0.3 is 15.1 Å². The van der Waals surface area contributed by atoms with Crippen LogP contribution in [-0.2, 0) is 13.1 Å². The van der Waals surface area contributed by atoms with Crippen molar-refractivity contribution in [3.8, 4) is 0 Å². The molecule has 2 N–H and O–H groups in total. The average Bonchev–Trinajstić information content (AvgIpc) is 3.54. The number of furan rings is 1. The van der Waals surface area contributed by atoms with Crippen LogP contribution in [0.5, 0.6) is 0 Å². The Kier molecular flexibility index (Phi) is 10.3. The highest BCUT2D eigenvalue weighted by atomic mass is 127. The first-order chi connectivity index (χ1) is 15.8. The van der Waals surface area contributed by atoms with Crippen molar-refractivity contribution in [1.29, 1.82) is 0 Å². The van der Waals surface area contributed by atoms with Gasteiger partial charge in [-0.25, -0.2) is 4.99 Å². The topological polar surface area (TPSA) is 70.6 Å². The standard InChI is InChI=1S/C25H34N6O.HI/c1-2-26-25(27-18-21-10-4-5-11-22(21)20-31-16-9-13-29-31)28-19-23(24-12-8-17-32-24)30-14-6-3-7-15-30;/h4-5,8-13,16-17,23H,2-3,6-7,14-15,18-20H2,1H3,(H2,26,27,28);1H. The first-order valence-electron chi connectivity index (χ1n) is 11.7. The molecule has 7 nitrogen and oxygen atoms in total. The Morgan fingerprint density at radius 3 is 2.58 bits per heavy atom. The zero-order chi connectivity index (χ0) is 22.0. The van der Waals surface area contributed by atoms with Gasteiger partial charge in [0, 0.05) is 25.5 Å². The molecule has 178 valence electrons. The van der Waals surface area contributed by atoms with Gasteiger partial charge >= 0.3 is 0 Å². The first-order valence-corrected chi connectivity index (χ1v) is 11.7. The van der Waals surface area contributed by atoms with Crippen molar-refractivity contribution < 1.29 is 4.42 Å². The maximum absolute atomic E-state index is 5.79. The lowest BCUT2D eigenvalue weighted by molar-refractivity contribution is 0.146. The molecule has 1 fully saturated rings. The number of rotatable bonds is 9. The molecule has 0 saturated carbocycles. The van der Waals surface area contributed by atoms with E-state index in [1.807, 2.05) is 29.2 Å². The van der Waals surface area contributed by atoms with E-state index in [2.05, 4.69) is 57.9 Å². The second-order valence-electron chi connectivity index (χ2n) is 8.18. The molecule has 2 aromatic heterocycles. The van der Waals surface area contributed by atoms with Crippen LogP contribution in [0.4, 0.5) is 0 Å². The van der Waals surface area contributed by atoms with Crippen LogP contribution in [0.2, 0.25) is 0 Å². The third-order valence-electron chi connectivity index (χ3n) is 5.93. The number of hydrogen-bond donors (Lipinski definition) is 2. The molecular formula is C25H35IN6O. The van der Waals surface area contributed by atoms with Gasteiger partial charge in [0.1, 0.15) is 5.76 Å². The highest BCUT2D eigenvalue weighted by Crippen LogP contribution is 2.24. The fraction of sp³-hybridized carbons (Fsp3) is 0.440. The Labute approximate surface area is 213 Å². The predicted octanol–water partition coefficient (Wildman–Crippen LogP) is 4.42. The largest absolute Gasteiger partial charge is 0.468 e. The average molecular weight is 563 g/mol. The van der Waals surface area contributed by atoms with Crippen LogP contribution < -0.4 is 10.6 Å². The summed E-state index contributed by atoms with van der Waals surface area (Å²) in [6.45, 7) is 7.25. The SMILES string of the molecule is CCNC(=NCc1ccccc1Cn1cccn1)NCC(c1ccco1)N1CCCCC1.I. The fourth-order valence-electron chi connectivity index (χ4n) is 4.25. The van der Waals surface area contributed by atoms with E-state index in [4.69, 9.17) is 9.41 Å². The molecule has 1 unspecified atom stereocenters. The van der Waals surface area contributed by atoms with Crippen LogP contribution in [0.15, 0.2) is 70.5 Å². The summed E-state index contributed by atoms with van der Waals surface area (Å²) in [6.07, 6.45) is 9.38. The van der Waals surface area contributed by atoms with Gasteiger partial charge in [-0.2, -0.15) is 5.10 Å². The molecule has 0 aliphatic carbocycles. The Morgan fingerprint density at radius 2 is 1.88 bits per heavy atom. The summed E-state index contributed by atoms with van der Waals surface area (Å²) in [5.41, 5.74) is 2.44. The van der Waals surface area contributed by atoms with E-state index >= 15 is 0 Å². The Morgan fingerprint density at radius 1 is 1.06 bits per heavy atom. The first kappa shape index (κ1) is 25.3. The normalized spacial score (nSPS) is 15.6. The van der Waals surface area contributed by atoms with Gasteiger partial charge in [-0.05, 0) is 62.2 Å². The lowest BCUT2D eigenvalue weighted by Gasteiger charge is -2.33. The van der Waals surface area contributed by atoms with E-state index in [0.29, 0.717) is 6.54 Å². The second kappa shape index (κ2) is 13.4.